The van der Waals surface area contributed by atoms with Gasteiger partial charge >= 0.3 is 5.97 Å². The Morgan fingerprint density at radius 2 is 1.75 bits per heavy atom. The van der Waals surface area contributed by atoms with Gasteiger partial charge in [0, 0.05) is 10.5 Å². The number of fused-ring (bicyclic) bond motifs is 1. The Kier molecular flexibility index (Phi) is 6.82. The van der Waals surface area contributed by atoms with Gasteiger partial charge in [-0.2, -0.15) is 0 Å². The van der Waals surface area contributed by atoms with Crippen LogP contribution < -0.4 is 0 Å². The smallest absolute Gasteiger partial charge is 0.349 e. The minimum Gasteiger partial charge on any atom is -0.454 e. The molecule has 0 amide bonds. The molecule has 2 aromatic rings. The summed E-state index contributed by atoms with van der Waals surface area (Å²) in [6.45, 7) is 7.95. The van der Waals surface area contributed by atoms with E-state index in [2.05, 4.69) is 19.6 Å². The molecular weight excluding hydrogens is 288 g/mol. The molecule has 1 aromatic heterocycles. The van der Waals surface area contributed by atoms with Crippen molar-refractivity contribution in [1.29, 1.82) is 0 Å². The summed E-state index contributed by atoms with van der Waals surface area (Å²) in [5.41, 5.74) is 2.32. The molecule has 0 spiro atoms. The number of aryl methyl sites for hydroxylation is 1. The first-order valence-electron chi connectivity index (χ1n) is 6.62. The molecule has 0 fully saturated rings. The van der Waals surface area contributed by atoms with Crippen molar-refractivity contribution in [3.63, 3.8) is 0 Å². The molecule has 0 radical (unpaired) electrons. The lowest BCUT2D eigenvalue weighted by Gasteiger charge is -1.98. The normalized spacial score (nSPS) is 15.2. The average Bonchev–Trinajstić information content (AvgIpc) is 3.03. The van der Waals surface area contributed by atoms with Crippen molar-refractivity contribution >= 4 is 29.9 Å². The number of cyclic esters (lactones) is 1. The molecule has 0 bridgehead atoms. The molecule has 0 aliphatic carbocycles. The highest BCUT2D eigenvalue weighted by Crippen LogP contribution is 2.33. The van der Waals surface area contributed by atoms with Crippen molar-refractivity contribution in [3.8, 4) is 0 Å². The summed E-state index contributed by atoms with van der Waals surface area (Å²) in [6, 6.07) is 10.00. The minimum atomic E-state index is -0.169. The van der Waals surface area contributed by atoms with Crippen molar-refractivity contribution in [1.82, 2.24) is 0 Å². The van der Waals surface area contributed by atoms with Crippen LogP contribution in [0.4, 0.5) is 0 Å². The lowest BCUT2D eigenvalue weighted by Crippen LogP contribution is -1.93. The molecular formula is C16H20O2S2. The van der Waals surface area contributed by atoms with Crippen LogP contribution in [0, 0.1) is 6.92 Å². The van der Waals surface area contributed by atoms with Gasteiger partial charge in [0.05, 0.1) is 0 Å². The van der Waals surface area contributed by atoms with Crippen LogP contribution >= 0.6 is 24.0 Å². The van der Waals surface area contributed by atoms with Crippen molar-refractivity contribution in [2.24, 2.45) is 0 Å². The Morgan fingerprint density at radius 1 is 1.15 bits per heavy atom. The van der Waals surface area contributed by atoms with Gasteiger partial charge in [-0.3, -0.25) is 0 Å². The van der Waals surface area contributed by atoms with E-state index in [1.165, 1.54) is 16.9 Å². The van der Waals surface area contributed by atoms with E-state index in [9.17, 15) is 4.79 Å². The highest BCUT2D eigenvalue weighted by atomic mass is 32.1. The third-order valence-electron chi connectivity index (χ3n) is 2.64. The molecule has 3 rings (SSSR count). The van der Waals surface area contributed by atoms with E-state index in [-0.39, 0.29) is 12.1 Å². The predicted molar refractivity (Wildman–Crippen MR) is 87.9 cm³/mol. The van der Waals surface area contributed by atoms with E-state index in [1.54, 1.807) is 0 Å². The van der Waals surface area contributed by atoms with Crippen LogP contribution in [0.5, 0.6) is 0 Å². The fourth-order valence-electron chi connectivity index (χ4n) is 1.63. The first kappa shape index (κ1) is 16.8. The SMILES string of the molecule is CC.CC1OC(=O)c2sccc21.Cc1ccc(S)cc1. The summed E-state index contributed by atoms with van der Waals surface area (Å²) >= 11 is 5.58. The molecule has 20 heavy (non-hydrogen) atoms. The van der Waals surface area contributed by atoms with Crippen LogP contribution in [0.3, 0.4) is 0 Å². The van der Waals surface area contributed by atoms with Crippen LogP contribution in [0.1, 0.15) is 47.7 Å². The number of hydrogen-bond acceptors (Lipinski definition) is 4. The summed E-state index contributed by atoms with van der Waals surface area (Å²) in [4.78, 5) is 12.7. The summed E-state index contributed by atoms with van der Waals surface area (Å²) < 4.78 is 4.94. The molecule has 0 N–H and O–H groups in total. The van der Waals surface area contributed by atoms with E-state index in [4.69, 9.17) is 4.74 Å². The number of esters is 1. The number of benzene rings is 1. The van der Waals surface area contributed by atoms with Crippen LogP contribution in [-0.2, 0) is 4.74 Å². The highest BCUT2D eigenvalue weighted by molar-refractivity contribution is 7.80. The largest absolute Gasteiger partial charge is 0.454 e. The van der Waals surface area contributed by atoms with Crippen molar-refractivity contribution in [2.75, 3.05) is 0 Å². The Morgan fingerprint density at radius 3 is 2.25 bits per heavy atom. The predicted octanol–water partition coefficient (Wildman–Crippen LogP) is 5.29. The maximum Gasteiger partial charge on any atom is 0.349 e. The molecule has 0 saturated carbocycles. The maximum atomic E-state index is 10.9. The molecule has 1 aliphatic rings. The lowest BCUT2D eigenvalue weighted by molar-refractivity contribution is 0.0424. The molecule has 1 aromatic carbocycles. The van der Waals surface area contributed by atoms with Gasteiger partial charge in [-0.25, -0.2) is 4.79 Å². The molecule has 2 nitrogen and oxygen atoms in total. The van der Waals surface area contributed by atoms with Crippen molar-refractivity contribution < 1.29 is 9.53 Å². The third-order valence-corrected chi connectivity index (χ3v) is 3.85. The van der Waals surface area contributed by atoms with Gasteiger partial charge in [-0.1, -0.05) is 31.5 Å². The lowest BCUT2D eigenvalue weighted by atomic mass is 10.2. The molecule has 108 valence electrons. The summed E-state index contributed by atoms with van der Waals surface area (Å²) in [5.74, 6) is -0.169. The van der Waals surface area contributed by atoms with Crippen LogP contribution in [0.2, 0.25) is 0 Å². The van der Waals surface area contributed by atoms with Gasteiger partial charge in [-0.15, -0.1) is 24.0 Å². The van der Waals surface area contributed by atoms with Gasteiger partial charge < -0.3 is 4.74 Å². The quantitative estimate of drug-likeness (QED) is 0.528. The molecule has 1 atom stereocenters. The van der Waals surface area contributed by atoms with Gasteiger partial charge in [-0.05, 0) is 37.4 Å². The second kappa shape index (κ2) is 8.12. The van der Waals surface area contributed by atoms with Crippen molar-refractivity contribution in [3.05, 3.63) is 51.7 Å². The number of ether oxygens (including phenoxy) is 1. The Hall–Kier alpha value is -1.26. The fourth-order valence-corrected chi connectivity index (χ4v) is 2.64. The van der Waals surface area contributed by atoms with Crippen LogP contribution in [0.15, 0.2) is 40.6 Å². The number of carbonyl (C=O) groups excluding carboxylic acids is 1. The van der Waals surface area contributed by atoms with Gasteiger partial charge in [0.15, 0.2) is 0 Å². The van der Waals surface area contributed by atoms with E-state index in [1.807, 2.05) is 56.5 Å². The van der Waals surface area contributed by atoms with E-state index < -0.39 is 0 Å². The number of thiol groups is 1. The monoisotopic (exact) mass is 308 g/mol. The van der Waals surface area contributed by atoms with E-state index in [0.717, 1.165) is 15.3 Å². The van der Waals surface area contributed by atoms with Crippen molar-refractivity contribution in [2.45, 2.75) is 38.7 Å². The molecule has 1 unspecified atom stereocenters. The highest BCUT2D eigenvalue weighted by Gasteiger charge is 2.28. The molecule has 2 heterocycles. The molecule has 1 aliphatic heterocycles. The maximum absolute atomic E-state index is 10.9. The zero-order chi connectivity index (χ0) is 15.1. The second-order valence-electron chi connectivity index (χ2n) is 4.09. The number of carbonyl (C=O) groups is 1. The summed E-state index contributed by atoms with van der Waals surface area (Å²) in [7, 11) is 0. The average molecular weight is 308 g/mol. The van der Waals surface area contributed by atoms with Gasteiger partial charge in [0.1, 0.15) is 11.0 Å². The topological polar surface area (TPSA) is 26.3 Å². The zero-order valence-electron chi connectivity index (χ0n) is 12.2. The van der Waals surface area contributed by atoms with E-state index >= 15 is 0 Å². The first-order valence-corrected chi connectivity index (χ1v) is 7.94. The summed E-state index contributed by atoms with van der Waals surface area (Å²) in [6.07, 6.45) is -0.0336. The van der Waals surface area contributed by atoms with Crippen LogP contribution in [0.25, 0.3) is 0 Å². The molecule has 4 heteroatoms. The number of rotatable bonds is 0. The minimum absolute atomic E-state index is 0.0336. The van der Waals surface area contributed by atoms with E-state index in [0.29, 0.717) is 0 Å². The Labute approximate surface area is 130 Å². The molecule has 0 saturated heterocycles. The number of thiophene rings is 1. The Balaban J connectivity index is 0.000000182. The number of hydrogen-bond donors (Lipinski definition) is 1. The second-order valence-corrected chi connectivity index (χ2v) is 5.52. The Bertz CT molecular complexity index is 523. The summed E-state index contributed by atoms with van der Waals surface area (Å²) in [5, 5.41) is 1.92. The third kappa shape index (κ3) is 4.39. The first-order chi connectivity index (χ1) is 9.58. The van der Waals surface area contributed by atoms with Crippen LogP contribution in [-0.4, -0.2) is 5.97 Å². The van der Waals surface area contributed by atoms with Gasteiger partial charge in [0.25, 0.3) is 0 Å². The van der Waals surface area contributed by atoms with Gasteiger partial charge in [0.2, 0.25) is 0 Å². The fraction of sp³-hybridized carbons (Fsp3) is 0.312. The zero-order valence-corrected chi connectivity index (χ0v) is 13.9. The standard InChI is InChI=1S/C7H6O2S.C7H8S.C2H6/c1-4-5-2-3-10-6(5)7(8)9-4;1-6-2-4-7(8)5-3-6;1-2/h2-4H,1H3;2-5,8H,1H3;1-2H3.